The summed E-state index contributed by atoms with van der Waals surface area (Å²) in [6, 6.07) is 15.3. The van der Waals surface area contributed by atoms with Gasteiger partial charge in [-0.2, -0.15) is 15.0 Å². The molecule has 0 spiro atoms. The van der Waals surface area contributed by atoms with Crippen molar-refractivity contribution in [2.75, 3.05) is 18.2 Å². The number of methoxy groups -OCH3 is 1. The topological polar surface area (TPSA) is 112 Å². The van der Waals surface area contributed by atoms with Crippen molar-refractivity contribution in [3.8, 4) is 5.75 Å². The van der Waals surface area contributed by atoms with E-state index in [1.54, 1.807) is 7.11 Å². The monoisotopic (exact) mass is 393 g/mol. The second kappa shape index (κ2) is 9.50. The third kappa shape index (κ3) is 6.17. The number of aromatic nitrogens is 3. The molecule has 0 saturated carbocycles. The van der Waals surface area contributed by atoms with E-state index in [1.165, 1.54) is 0 Å². The first-order valence-corrected chi connectivity index (χ1v) is 9.14. The lowest BCUT2D eigenvalue weighted by atomic mass is 10.1. The number of ether oxygens (including phenoxy) is 2. The normalized spacial score (nSPS) is 10.4. The predicted octanol–water partition coefficient (Wildman–Crippen LogP) is 3.19. The summed E-state index contributed by atoms with van der Waals surface area (Å²) >= 11 is 0. The Balaban J connectivity index is 1.53. The number of nitrogens with two attached hydrogens (primary N) is 1. The minimum absolute atomic E-state index is 0.0545. The van der Waals surface area contributed by atoms with Gasteiger partial charge in [-0.25, -0.2) is 0 Å². The van der Waals surface area contributed by atoms with Gasteiger partial charge in [0.1, 0.15) is 5.75 Å². The van der Waals surface area contributed by atoms with E-state index in [0.717, 1.165) is 22.6 Å². The van der Waals surface area contributed by atoms with Crippen molar-refractivity contribution >= 4 is 23.6 Å². The van der Waals surface area contributed by atoms with Gasteiger partial charge in [0, 0.05) is 12.1 Å². The highest BCUT2D eigenvalue weighted by molar-refractivity contribution is 5.69. The summed E-state index contributed by atoms with van der Waals surface area (Å²) in [5.74, 6) is 1.07. The van der Waals surface area contributed by atoms with Gasteiger partial charge in [-0.05, 0) is 43.2 Å². The first-order chi connectivity index (χ1) is 14.0. The van der Waals surface area contributed by atoms with Gasteiger partial charge in [-0.1, -0.05) is 29.8 Å². The number of esters is 1. The van der Waals surface area contributed by atoms with E-state index in [1.807, 2.05) is 55.5 Å². The Bertz CT molecular complexity index is 959. The van der Waals surface area contributed by atoms with Crippen molar-refractivity contribution < 1.29 is 14.3 Å². The first kappa shape index (κ1) is 20.1. The van der Waals surface area contributed by atoms with E-state index in [2.05, 4.69) is 20.3 Å². The lowest BCUT2D eigenvalue weighted by Crippen LogP contribution is -2.11. The van der Waals surface area contributed by atoms with Crippen LogP contribution in [0.5, 0.6) is 5.75 Å². The molecule has 8 nitrogen and oxygen atoms in total. The van der Waals surface area contributed by atoms with E-state index in [0.29, 0.717) is 12.4 Å². The smallest absolute Gasteiger partial charge is 0.306 e. The molecule has 0 amide bonds. The maximum atomic E-state index is 12.0. The maximum Gasteiger partial charge on any atom is 0.306 e. The zero-order valence-electron chi connectivity index (χ0n) is 16.4. The second-order valence-electron chi connectivity index (χ2n) is 6.43. The van der Waals surface area contributed by atoms with Crippen LogP contribution in [0.25, 0.3) is 0 Å². The van der Waals surface area contributed by atoms with Gasteiger partial charge in [0.25, 0.3) is 0 Å². The average Bonchev–Trinajstić information content (AvgIpc) is 2.72. The molecule has 0 saturated heterocycles. The summed E-state index contributed by atoms with van der Waals surface area (Å²) in [7, 11) is 1.61. The third-order valence-electron chi connectivity index (χ3n) is 4.15. The number of rotatable bonds is 8. The second-order valence-corrected chi connectivity index (χ2v) is 6.43. The van der Waals surface area contributed by atoms with Crippen LogP contribution in [0.3, 0.4) is 0 Å². The number of nitrogen functional groups attached to an aromatic ring is 1. The standard InChI is InChI=1S/C21H23N5O3/c1-14-3-8-16(9-4-14)23-21-25-18(24-20(22)26-21)13-29-19(27)12-7-15-5-10-17(28-2)11-6-15/h3-6,8-11H,7,12-13H2,1-2H3,(H3,22,23,24,25,26). The summed E-state index contributed by atoms with van der Waals surface area (Å²) in [5, 5.41) is 3.06. The van der Waals surface area contributed by atoms with E-state index in [-0.39, 0.29) is 30.8 Å². The molecule has 1 heterocycles. The largest absolute Gasteiger partial charge is 0.497 e. The van der Waals surface area contributed by atoms with Crippen molar-refractivity contribution in [3.63, 3.8) is 0 Å². The van der Waals surface area contributed by atoms with Crippen molar-refractivity contribution in [1.29, 1.82) is 0 Å². The van der Waals surface area contributed by atoms with Crippen LogP contribution in [0.1, 0.15) is 23.4 Å². The SMILES string of the molecule is COc1ccc(CCC(=O)OCc2nc(N)nc(Nc3ccc(C)cc3)n2)cc1. The van der Waals surface area contributed by atoms with Crippen molar-refractivity contribution in [3.05, 3.63) is 65.5 Å². The Hall–Kier alpha value is -3.68. The zero-order chi connectivity index (χ0) is 20.6. The van der Waals surface area contributed by atoms with Crippen LogP contribution in [-0.2, 0) is 22.6 Å². The van der Waals surface area contributed by atoms with Gasteiger partial charge in [0.15, 0.2) is 12.4 Å². The van der Waals surface area contributed by atoms with Gasteiger partial charge in [-0.15, -0.1) is 0 Å². The molecule has 0 aliphatic carbocycles. The van der Waals surface area contributed by atoms with Gasteiger partial charge in [0.05, 0.1) is 7.11 Å². The highest BCUT2D eigenvalue weighted by Gasteiger charge is 2.09. The molecule has 3 rings (SSSR count). The molecule has 0 unspecified atom stereocenters. The minimum atomic E-state index is -0.340. The van der Waals surface area contributed by atoms with Crippen LogP contribution >= 0.6 is 0 Å². The molecular formula is C21H23N5O3. The van der Waals surface area contributed by atoms with Crippen LogP contribution in [-0.4, -0.2) is 28.0 Å². The number of hydrogen-bond acceptors (Lipinski definition) is 8. The van der Waals surface area contributed by atoms with Gasteiger partial charge in [-0.3, -0.25) is 4.79 Å². The van der Waals surface area contributed by atoms with Crippen LogP contribution in [0.15, 0.2) is 48.5 Å². The minimum Gasteiger partial charge on any atom is -0.497 e. The zero-order valence-corrected chi connectivity index (χ0v) is 16.4. The molecule has 0 radical (unpaired) electrons. The molecule has 2 aromatic carbocycles. The number of nitrogens with zero attached hydrogens (tertiary/aromatic N) is 3. The number of nitrogens with one attached hydrogen (secondary N) is 1. The molecule has 1 aromatic heterocycles. The molecule has 0 atom stereocenters. The Morgan fingerprint density at radius 3 is 2.45 bits per heavy atom. The molecule has 0 aliphatic rings. The summed E-state index contributed by atoms with van der Waals surface area (Å²) in [5.41, 5.74) is 8.74. The highest BCUT2D eigenvalue weighted by atomic mass is 16.5. The van der Waals surface area contributed by atoms with Crippen LogP contribution in [0, 0.1) is 6.92 Å². The molecule has 8 heteroatoms. The van der Waals surface area contributed by atoms with Gasteiger partial charge < -0.3 is 20.5 Å². The average molecular weight is 393 g/mol. The first-order valence-electron chi connectivity index (χ1n) is 9.14. The van der Waals surface area contributed by atoms with E-state index >= 15 is 0 Å². The van der Waals surface area contributed by atoms with Gasteiger partial charge >= 0.3 is 5.97 Å². The Labute approximate surface area is 169 Å². The van der Waals surface area contributed by atoms with Crippen LogP contribution in [0.2, 0.25) is 0 Å². The van der Waals surface area contributed by atoms with Crippen LogP contribution < -0.4 is 15.8 Å². The molecule has 3 aromatic rings. The molecule has 150 valence electrons. The molecule has 0 aliphatic heterocycles. The number of carbonyl (C=O) groups is 1. The van der Waals surface area contributed by atoms with Crippen molar-refractivity contribution in [2.45, 2.75) is 26.4 Å². The van der Waals surface area contributed by atoms with Gasteiger partial charge in [0.2, 0.25) is 11.9 Å². The fourth-order valence-electron chi connectivity index (χ4n) is 2.58. The molecule has 29 heavy (non-hydrogen) atoms. The Morgan fingerprint density at radius 1 is 1.03 bits per heavy atom. The fourth-order valence-corrected chi connectivity index (χ4v) is 2.58. The summed E-state index contributed by atoms with van der Waals surface area (Å²) in [6.07, 6.45) is 0.823. The quantitative estimate of drug-likeness (QED) is 0.561. The van der Waals surface area contributed by atoms with E-state index < -0.39 is 0 Å². The third-order valence-corrected chi connectivity index (χ3v) is 4.15. The lowest BCUT2D eigenvalue weighted by molar-refractivity contribution is -0.145. The molecule has 0 bridgehead atoms. The van der Waals surface area contributed by atoms with E-state index in [9.17, 15) is 4.79 Å². The summed E-state index contributed by atoms with van der Waals surface area (Å²) in [6.45, 7) is 1.93. The lowest BCUT2D eigenvalue weighted by Gasteiger charge is -2.08. The predicted molar refractivity (Wildman–Crippen MR) is 110 cm³/mol. The molecule has 0 fully saturated rings. The number of carbonyl (C=O) groups excluding carboxylic acids is 1. The Morgan fingerprint density at radius 2 is 1.76 bits per heavy atom. The number of anilines is 3. The summed E-state index contributed by atoms with van der Waals surface area (Å²) < 4.78 is 10.4. The fraction of sp³-hybridized carbons (Fsp3) is 0.238. The van der Waals surface area contributed by atoms with E-state index in [4.69, 9.17) is 15.2 Å². The highest BCUT2D eigenvalue weighted by Crippen LogP contribution is 2.15. The number of hydrogen-bond donors (Lipinski definition) is 2. The summed E-state index contributed by atoms with van der Waals surface area (Å²) in [4.78, 5) is 24.4. The molecular weight excluding hydrogens is 370 g/mol. The van der Waals surface area contributed by atoms with Crippen molar-refractivity contribution in [2.24, 2.45) is 0 Å². The molecule has 3 N–H and O–H groups in total. The number of benzene rings is 2. The number of aryl methyl sites for hydroxylation is 2. The Kier molecular flexibility index (Phi) is 6.57. The maximum absolute atomic E-state index is 12.0. The van der Waals surface area contributed by atoms with Crippen molar-refractivity contribution in [1.82, 2.24) is 15.0 Å². The van der Waals surface area contributed by atoms with Crippen LogP contribution in [0.4, 0.5) is 17.6 Å².